The maximum atomic E-state index is 15.0. The number of nitrogens with zero attached hydrogens (tertiary/aromatic N) is 6. The van der Waals surface area contributed by atoms with E-state index in [0.29, 0.717) is 30.6 Å². The zero-order valence-electron chi connectivity index (χ0n) is 28.5. The first-order valence-corrected chi connectivity index (χ1v) is 17.7. The minimum absolute atomic E-state index is 0.0114. The van der Waals surface area contributed by atoms with Crippen molar-refractivity contribution < 1.29 is 14.3 Å². The quantitative estimate of drug-likeness (QED) is 0.242. The van der Waals surface area contributed by atoms with E-state index < -0.39 is 11.6 Å². The van der Waals surface area contributed by atoms with Gasteiger partial charge in [-0.3, -0.25) is 4.68 Å². The number of likely N-dealkylation sites (tertiary alicyclic amines) is 1. The number of alkyl halides is 1. The van der Waals surface area contributed by atoms with Crippen molar-refractivity contribution >= 4 is 17.7 Å². The van der Waals surface area contributed by atoms with Crippen LogP contribution in [-0.4, -0.2) is 74.1 Å². The van der Waals surface area contributed by atoms with E-state index in [2.05, 4.69) is 77.6 Å². The third-order valence-corrected chi connectivity index (χ3v) is 11.1. The minimum Gasteiger partial charge on any atom is -0.479 e. The summed E-state index contributed by atoms with van der Waals surface area (Å²) in [5.41, 5.74) is 2.67. The van der Waals surface area contributed by atoms with Gasteiger partial charge >= 0.3 is 5.97 Å². The average Bonchev–Trinajstić information content (AvgIpc) is 3.51. The van der Waals surface area contributed by atoms with Crippen LogP contribution in [0.15, 0.2) is 42.7 Å². The highest BCUT2D eigenvalue weighted by atomic mass is 19.1. The molecule has 3 aliphatic rings. The Balaban J connectivity index is 1.33. The maximum Gasteiger partial charge on any atom is 0.341 e. The van der Waals surface area contributed by atoms with Crippen LogP contribution in [0.4, 0.5) is 16.2 Å². The summed E-state index contributed by atoms with van der Waals surface area (Å²) in [6.07, 6.45) is 11.4. The van der Waals surface area contributed by atoms with E-state index in [1.54, 1.807) is 0 Å². The number of fused-ring (bicyclic) bond motifs is 1. The summed E-state index contributed by atoms with van der Waals surface area (Å²) in [5, 5.41) is 17.9. The molecule has 4 atom stereocenters. The average molecular weight is 646 g/mol. The standard InChI is InChI=1S/C37H52FN7O2/c1-5-33(27-15-17-37(38,18-16-27)35(46)47)44(4)36-41-31-14-13-28(26-11-7-6-8-12-26)20-30(31)34(42-36)40-32(29-21-39-43(3)23-29)24-45-19-9-10-25(2)22-45/h6-8,11-12,21,23,25,27-28,32-33H,5,9-10,13-20,22,24H2,1-4H3,(H,46,47)(H,40,41,42)/t25-,27?,28+,32+,33+,37?/m0/s1. The molecule has 2 aromatic heterocycles. The van der Waals surface area contributed by atoms with Crippen LogP contribution in [0.25, 0.3) is 0 Å². The molecule has 1 saturated carbocycles. The first kappa shape index (κ1) is 33.4. The number of aryl methyl sites for hydroxylation is 2. The van der Waals surface area contributed by atoms with Crippen LogP contribution in [0.2, 0.25) is 0 Å². The number of rotatable bonds is 11. The van der Waals surface area contributed by atoms with Crippen molar-refractivity contribution in [3.8, 4) is 0 Å². The van der Waals surface area contributed by atoms with E-state index in [9.17, 15) is 14.3 Å². The fourth-order valence-corrected chi connectivity index (χ4v) is 8.38. The van der Waals surface area contributed by atoms with Crippen LogP contribution >= 0.6 is 0 Å². The van der Waals surface area contributed by atoms with E-state index in [0.717, 1.165) is 62.4 Å². The summed E-state index contributed by atoms with van der Waals surface area (Å²) >= 11 is 0. The number of carboxylic acid groups (broad SMARTS) is 1. The Labute approximate surface area is 279 Å². The molecule has 0 spiro atoms. The van der Waals surface area contributed by atoms with Gasteiger partial charge in [-0.15, -0.1) is 0 Å². The maximum absolute atomic E-state index is 15.0. The lowest BCUT2D eigenvalue weighted by Gasteiger charge is -2.39. The lowest BCUT2D eigenvalue weighted by molar-refractivity contribution is -0.153. The molecule has 2 N–H and O–H groups in total. The molecule has 1 aliphatic heterocycles. The van der Waals surface area contributed by atoms with Crippen LogP contribution in [0.3, 0.4) is 0 Å². The highest BCUT2D eigenvalue weighted by Gasteiger charge is 2.44. The largest absolute Gasteiger partial charge is 0.479 e. The summed E-state index contributed by atoms with van der Waals surface area (Å²) in [5.74, 6) is 1.50. The highest BCUT2D eigenvalue weighted by Crippen LogP contribution is 2.41. The van der Waals surface area contributed by atoms with Gasteiger partial charge < -0.3 is 20.2 Å². The first-order valence-electron chi connectivity index (χ1n) is 17.7. The van der Waals surface area contributed by atoms with E-state index >= 15 is 0 Å². The second-order valence-corrected chi connectivity index (χ2v) is 14.5. The van der Waals surface area contributed by atoms with Crippen LogP contribution in [-0.2, 0) is 24.7 Å². The van der Waals surface area contributed by atoms with Gasteiger partial charge in [0.25, 0.3) is 0 Å². The molecule has 0 unspecified atom stereocenters. The third kappa shape index (κ3) is 7.47. The van der Waals surface area contributed by atoms with E-state index in [4.69, 9.17) is 9.97 Å². The summed E-state index contributed by atoms with van der Waals surface area (Å²) in [7, 11) is 4.02. The summed E-state index contributed by atoms with van der Waals surface area (Å²) in [6.45, 7) is 7.55. The fraction of sp³-hybridized carbons (Fsp3) is 0.622. The molecule has 2 aliphatic carbocycles. The smallest absolute Gasteiger partial charge is 0.341 e. The van der Waals surface area contributed by atoms with Gasteiger partial charge in [-0.2, -0.15) is 10.1 Å². The number of hydrogen-bond donors (Lipinski definition) is 2. The molecule has 0 radical (unpaired) electrons. The molecule has 254 valence electrons. The van der Waals surface area contributed by atoms with Gasteiger partial charge in [0.1, 0.15) is 5.82 Å². The number of aromatic nitrogens is 4. The Hall–Kier alpha value is -3.53. The Bertz CT molecular complexity index is 1510. The zero-order valence-corrected chi connectivity index (χ0v) is 28.5. The van der Waals surface area contributed by atoms with Crippen molar-refractivity contribution in [1.29, 1.82) is 0 Å². The predicted molar refractivity (Wildman–Crippen MR) is 184 cm³/mol. The number of carbonyl (C=O) groups is 1. The number of anilines is 2. The van der Waals surface area contributed by atoms with E-state index in [-0.39, 0.29) is 30.8 Å². The second kappa shape index (κ2) is 14.3. The SMILES string of the molecule is CC[C@H](C1CCC(F)(C(=O)O)CC1)N(C)c1nc2c(c(N[C@H](CN3CCC[C@H](C)C3)c3cnn(C)c3)n1)C[C@H](c1ccccc1)CC2. The molecular formula is C37H52FN7O2. The van der Waals surface area contributed by atoms with Crippen molar-refractivity contribution in [2.24, 2.45) is 18.9 Å². The lowest BCUT2D eigenvalue weighted by atomic mass is 9.76. The monoisotopic (exact) mass is 645 g/mol. The highest BCUT2D eigenvalue weighted by molar-refractivity contribution is 5.77. The first-order chi connectivity index (χ1) is 22.6. The van der Waals surface area contributed by atoms with Crippen molar-refractivity contribution in [3.63, 3.8) is 0 Å². The predicted octanol–water partition coefficient (Wildman–Crippen LogP) is 6.57. The van der Waals surface area contributed by atoms with Crippen LogP contribution in [0.5, 0.6) is 0 Å². The Morgan fingerprint density at radius 2 is 1.94 bits per heavy atom. The van der Waals surface area contributed by atoms with Gasteiger partial charge in [0, 0.05) is 50.6 Å². The molecular weight excluding hydrogens is 593 g/mol. The van der Waals surface area contributed by atoms with Crippen molar-refractivity contribution in [3.05, 3.63) is 65.1 Å². The summed E-state index contributed by atoms with van der Waals surface area (Å²) in [6, 6.07) is 10.9. The van der Waals surface area contributed by atoms with Crippen molar-refractivity contribution in [2.45, 2.75) is 102 Å². The molecule has 1 saturated heterocycles. The topological polar surface area (TPSA) is 99.4 Å². The molecule has 3 heterocycles. The molecule has 0 amide bonds. The molecule has 6 rings (SSSR count). The molecule has 9 nitrogen and oxygen atoms in total. The van der Waals surface area contributed by atoms with Crippen LogP contribution in [0.1, 0.15) is 99.6 Å². The number of aliphatic carboxylic acids is 1. The van der Waals surface area contributed by atoms with E-state index in [1.807, 2.05) is 17.9 Å². The number of nitrogens with one attached hydrogen (secondary N) is 1. The lowest BCUT2D eigenvalue weighted by Crippen LogP contribution is -2.45. The van der Waals surface area contributed by atoms with Crippen LogP contribution < -0.4 is 10.2 Å². The number of halogens is 1. The Kier molecular flexibility index (Phi) is 10.2. The fourth-order valence-electron chi connectivity index (χ4n) is 8.38. The van der Waals surface area contributed by atoms with Crippen LogP contribution in [0, 0.1) is 11.8 Å². The summed E-state index contributed by atoms with van der Waals surface area (Å²) in [4.78, 5) is 26.8. The number of carboxylic acids is 1. The molecule has 47 heavy (non-hydrogen) atoms. The van der Waals surface area contributed by atoms with Gasteiger partial charge in [-0.1, -0.05) is 44.2 Å². The van der Waals surface area contributed by atoms with Crippen molar-refractivity contribution in [2.75, 3.05) is 36.9 Å². The van der Waals surface area contributed by atoms with Gasteiger partial charge in [0.2, 0.25) is 11.6 Å². The molecule has 10 heteroatoms. The summed E-state index contributed by atoms with van der Waals surface area (Å²) < 4.78 is 16.8. The molecule has 0 bridgehead atoms. The van der Waals surface area contributed by atoms with E-state index in [1.165, 1.54) is 24.0 Å². The minimum atomic E-state index is -2.12. The third-order valence-electron chi connectivity index (χ3n) is 11.1. The second-order valence-electron chi connectivity index (χ2n) is 14.5. The van der Waals surface area contributed by atoms with Crippen molar-refractivity contribution in [1.82, 2.24) is 24.6 Å². The Morgan fingerprint density at radius 1 is 1.17 bits per heavy atom. The molecule has 3 aromatic rings. The number of piperidine rings is 1. The number of benzene rings is 1. The van der Waals surface area contributed by atoms with Gasteiger partial charge in [0.15, 0.2) is 0 Å². The van der Waals surface area contributed by atoms with Gasteiger partial charge in [0.05, 0.1) is 17.9 Å². The number of hydrogen-bond acceptors (Lipinski definition) is 7. The molecule has 1 aromatic carbocycles. The molecule has 2 fully saturated rings. The Morgan fingerprint density at radius 3 is 2.60 bits per heavy atom. The zero-order chi connectivity index (χ0) is 33.1. The normalized spacial score (nSPS) is 26.3. The van der Waals surface area contributed by atoms with Gasteiger partial charge in [-0.25, -0.2) is 14.2 Å². The van der Waals surface area contributed by atoms with Gasteiger partial charge in [-0.05, 0) is 94.1 Å².